The van der Waals surface area contributed by atoms with Crippen molar-refractivity contribution in [3.8, 4) is 17.2 Å². The van der Waals surface area contributed by atoms with Gasteiger partial charge in [-0.1, -0.05) is 30.9 Å². The maximum Gasteiger partial charge on any atom is 0.397 e. The van der Waals surface area contributed by atoms with E-state index < -0.39 is 11.9 Å². The summed E-state index contributed by atoms with van der Waals surface area (Å²) >= 11 is 6.40. The fourth-order valence-corrected chi connectivity index (χ4v) is 4.60. The van der Waals surface area contributed by atoms with Crippen molar-refractivity contribution in [2.75, 3.05) is 18.5 Å². The van der Waals surface area contributed by atoms with E-state index in [9.17, 15) is 19.5 Å². The Morgan fingerprint density at radius 1 is 1.11 bits per heavy atom. The van der Waals surface area contributed by atoms with Crippen LogP contribution >= 0.6 is 11.6 Å². The van der Waals surface area contributed by atoms with Crippen LogP contribution < -0.4 is 10.1 Å². The van der Waals surface area contributed by atoms with Gasteiger partial charge in [-0.2, -0.15) is 0 Å². The Morgan fingerprint density at radius 2 is 1.83 bits per heavy atom. The molecule has 2 aromatic rings. The Labute approximate surface area is 210 Å². The summed E-state index contributed by atoms with van der Waals surface area (Å²) in [6, 6.07) is 7.71. The van der Waals surface area contributed by atoms with Gasteiger partial charge in [-0.15, -0.1) is 0 Å². The molecule has 0 aliphatic heterocycles. The molecule has 0 radical (unpaired) electrons. The largest absolute Gasteiger partial charge is 0.507 e. The van der Waals surface area contributed by atoms with Crippen molar-refractivity contribution in [3.63, 3.8) is 0 Å². The molecular weight excluding hydrogens is 472 g/mol. The first-order valence-corrected chi connectivity index (χ1v) is 12.2. The predicted octanol–water partition coefficient (Wildman–Crippen LogP) is 5.44. The first-order valence-electron chi connectivity index (χ1n) is 11.8. The Morgan fingerprint density at radius 3 is 2.46 bits per heavy atom. The molecular formula is C26H31ClN2O6. The normalized spacial score (nSPS) is 13.7. The van der Waals surface area contributed by atoms with Crippen LogP contribution in [-0.2, 0) is 14.3 Å². The molecule has 1 aliphatic carbocycles. The number of hydrogen-bond donors (Lipinski definition) is 2. The first kappa shape index (κ1) is 26.3. The highest BCUT2D eigenvalue weighted by Gasteiger charge is 2.27. The van der Waals surface area contributed by atoms with Crippen LogP contribution in [0.5, 0.6) is 17.2 Å². The summed E-state index contributed by atoms with van der Waals surface area (Å²) in [7, 11) is 0. The quantitative estimate of drug-likeness (QED) is 0.385. The number of amides is 2. The summed E-state index contributed by atoms with van der Waals surface area (Å²) in [6.07, 6.45) is 5.30. The number of aromatic hydroxyl groups is 1. The number of benzene rings is 2. The van der Waals surface area contributed by atoms with Crippen molar-refractivity contribution in [1.29, 1.82) is 0 Å². The third kappa shape index (κ3) is 6.45. The van der Waals surface area contributed by atoms with E-state index in [1.54, 1.807) is 26.0 Å². The van der Waals surface area contributed by atoms with Crippen LogP contribution in [0.15, 0.2) is 30.3 Å². The van der Waals surface area contributed by atoms with Crippen LogP contribution in [-0.4, -0.2) is 47.0 Å². The standard InChI is InChI=1S/C26H31ClN2O6/c1-4-29(18-9-7-6-8-10-18)25(32)20-15-19(11-12-22(20)30)35-23-16(3)13-17(14-21(23)27)28-24(31)26(33)34-5-2/h11-15,18,30H,4-10H2,1-3H3,(H,28,31). The molecule has 2 N–H and O–H groups in total. The van der Waals surface area contributed by atoms with Crippen molar-refractivity contribution in [1.82, 2.24) is 4.90 Å². The molecule has 188 valence electrons. The average Bonchev–Trinajstić information content (AvgIpc) is 2.83. The third-order valence-corrected chi connectivity index (χ3v) is 6.26. The van der Waals surface area contributed by atoms with Gasteiger partial charge in [-0.3, -0.25) is 9.59 Å². The Kier molecular flexibility index (Phi) is 8.98. The fourth-order valence-electron chi connectivity index (χ4n) is 4.29. The highest BCUT2D eigenvalue weighted by molar-refractivity contribution is 6.37. The smallest absolute Gasteiger partial charge is 0.397 e. The topological polar surface area (TPSA) is 105 Å². The van der Waals surface area contributed by atoms with Gasteiger partial charge in [0, 0.05) is 18.3 Å². The SMILES string of the molecule is CCOC(=O)C(=O)Nc1cc(C)c(Oc2ccc(O)c(C(=O)N(CC)C3CCCCC3)c2)c(Cl)c1. The zero-order chi connectivity index (χ0) is 25.5. The molecule has 0 aromatic heterocycles. The number of nitrogens with zero attached hydrogens (tertiary/aromatic N) is 1. The van der Waals surface area contributed by atoms with E-state index in [4.69, 9.17) is 16.3 Å². The Bertz CT molecular complexity index is 1070. The average molecular weight is 503 g/mol. The molecule has 2 amide bonds. The van der Waals surface area contributed by atoms with Gasteiger partial charge in [0.1, 0.15) is 17.2 Å². The minimum atomic E-state index is -0.989. The van der Waals surface area contributed by atoms with Gasteiger partial charge in [0.2, 0.25) is 0 Å². The number of carbonyl (C=O) groups is 3. The van der Waals surface area contributed by atoms with E-state index in [0.717, 1.165) is 25.7 Å². The summed E-state index contributed by atoms with van der Waals surface area (Å²) in [4.78, 5) is 38.6. The lowest BCUT2D eigenvalue weighted by Crippen LogP contribution is -2.41. The van der Waals surface area contributed by atoms with Gasteiger partial charge in [0.25, 0.3) is 5.91 Å². The lowest BCUT2D eigenvalue weighted by molar-refractivity contribution is -0.152. The fraction of sp³-hybridized carbons (Fsp3) is 0.423. The summed E-state index contributed by atoms with van der Waals surface area (Å²) < 4.78 is 10.7. The van der Waals surface area contributed by atoms with Crippen LogP contribution in [0, 0.1) is 6.92 Å². The Hall–Kier alpha value is -3.26. The molecule has 8 nitrogen and oxygen atoms in total. The van der Waals surface area contributed by atoms with E-state index in [-0.39, 0.29) is 34.9 Å². The van der Waals surface area contributed by atoms with Gasteiger partial charge in [0.15, 0.2) is 0 Å². The number of rotatable bonds is 7. The van der Waals surface area contributed by atoms with Crippen molar-refractivity contribution in [3.05, 3.63) is 46.5 Å². The number of phenolic OH excluding ortho intramolecular Hbond substituents is 1. The van der Waals surface area contributed by atoms with Gasteiger partial charge in [-0.25, -0.2) is 4.79 Å². The molecule has 0 saturated heterocycles. The first-order chi connectivity index (χ1) is 16.7. The molecule has 2 aromatic carbocycles. The lowest BCUT2D eigenvalue weighted by Gasteiger charge is -2.33. The van der Waals surface area contributed by atoms with Crippen LogP contribution in [0.3, 0.4) is 0 Å². The lowest BCUT2D eigenvalue weighted by atomic mass is 9.93. The zero-order valence-corrected chi connectivity index (χ0v) is 21.0. The minimum absolute atomic E-state index is 0.0899. The number of ether oxygens (including phenoxy) is 2. The number of anilines is 1. The van der Waals surface area contributed by atoms with Crippen molar-refractivity contribution < 1.29 is 29.0 Å². The Balaban J connectivity index is 1.80. The number of aryl methyl sites for hydroxylation is 1. The number of carbonyl (C=O) groups excluding carboxylic acids is 3. The molecule has 35 heavy (non-hydrogen) atoms. The van der Waals surface area contributed by atoms with Crippen LogP contribution in [0.4, 0.5) is 5.69 Å². The van der Waals surface area contributed by atoms with Gasteiger partial charge in [0.05, 0.1) is 17.2 Å². The molecule has 1 saturated carbocycles. The minimum Gasteiger partial charge on any atom is -0.507 e. The van der Waals surface area contributed by atoms with Gasteiger partial charge in [-0.05, 0) is 69.5 Å². The highest BCUT2D eigenvalue weighted by atomic mass is 35.5. The maximum atomic E-state index is 13.3. The zero-order valence-electron chi connectivity index (χ0n) is 20.2. The van der Waals surface area contributed by atoms with Crippen LogP contribution in [0.25, 0.3) is 0 Å². The molecule has 0 atom stereocenters. The third-order valence-electron chi connectivity index (χ3n) is 5.98. The van der Waals surface area contributed by atoms with Crippen molar-refractivity contribution >= 4 is 35.1 Å². The number of esters is 1. The van der Waals surface area contributed by atoms with E-state index in [1.807, 2.05) is 11.8 Å². The van der Waals surface area contributed by atoms with Crippen molar-refractivity contribution in [2.45, 2.75) is 58.9 Å². The highest BCUT2D eigenvalue weighted by Crippen LogP contribution is 2.37. The van der Waals surface area contributed by atoms with E-state index in [2.05, 4.69) is 10.1 Å². The van der Waals surface area contributed by atoms with Crippen LogP contribution in [0.2, 0.25) is 5.02 Å². The molecule has 1 fully saturated rings. The van der Waals surface area contributed by atoms with E-state index in [0.29, 0.717) is 29.3 Å². The summed E-state index contributed by atoms with van der Waals surface area (Å²) in [5.74, 6) is -1.59. The summed E-state index contributed by atoms with van der Waals surface area (Å²) in [5.41, 5.74) is 1.07. The number of nitrogens with one attached hydrogen (secondary N) is 1. The predicted molar refractivity (Wildman–Crippen MR) is 133 cm³/mol. The summed E-state index contributed by atoms with van der Waals surface area (Å²) in [5, 5.41) is 13.1. The second kappa shape index (κ2) is 11.9. The monoisotopic (exact) mass is 502 g/mol. The van der Waals surface area contributed by atoms with Gasteiger partial charge >= 0.3 is 11.9 Å². The van der Waals surface area contributed by atoms with E-state index >= 15 is 0 Å². The van der Waals surface area contributed by atoms with Crippen molar-refractivity contribution in [2.24, 2.45) is 0 Å². The number of halogens is 1. The molecule has 1 aliphatic rings. The number of phenols is 1. The second-order valence-corrected chi connectivity index (χ2v) is 8.85. The molecule has 0 spiro atoms. The molecule has 0 heterocycles. The van der Waals surface area contributed by atoms with Crippen LogP contribution in [0.1, 0.15) is 61.9 Å². The molecule has 0 unspecified atom stereocenters. The molecule has 9 heteroatoms. The summed E-state index contributed by atoms with van der Waals surface area (Å²) in [6.45, 7) is 5.92. The molecule has 3 rings (SSSR count). The van der Waals surface area contributed by atoms with Gasteiger partial charge < -0.3 is 24.8 Å². The second-order valence-electron chi connectivity index (χ2n) is 8.44. The van der Waals surface area contributed by atoms with E-state index in [1.165, 1.54) is 24.6 Å². The molecule has 0 bridgehead atoms. The maximum absolute atomic E-state index is 13.3. The number of hydrogen-bond acceptors (Lipinski definition) is 6.